The number of hydrogen-bond donors (Lipinski definition) is 1. The van der Waals surface area contributed by atoms with E-state index in [1.54, 1.807) is 6.66 Å². The van der Waals surface area contributed by atoms with Crippen LogP contribution in [-0.4, -0.2) is 24.9 Å². The molecule has 1 N–H and O–H groups in total. The molecule has 0 spiro atoms. The van der Waals surface area contributed by atoms with Gasteiger partial charge in [-0.3, -0.25) is 0 Å². The first-order valence-corrected chi connectivity index (χ1v) is 5.17. The fourth-order valence-corrected chi connectivity index (χ4v) is 0. The molecule has 9 heavy (non-hydrogen) atoms. The predicted octanol–water partition coefficient (Wildman–Crippen LogP) is 1.12. The van der Waals surface area contributed by atoms with Gasteiger partial charge < -0.3 is 4.89 Å². The zero-order valence-corrected chi connectivity index (χ0v) is 16.5. The fourth-order valence-electron chi connectivity index (χ4n) is 0. The van der Waals surface area contributed by atoms with E-state index in [1.165, 1.54) is 0 Å². The Bertz CT molecular complexity index is 21.8. The van der Waals surface area contributed by atoms with Crippen LogP contribution < -0.4 is 0 Å². The van der Waals surface area contributed by atoms with Gasteiger partial charge in [0, 0.05) is 83.6 Å². The van der Waals surface area contributed by atoms with E-state index >= 15 is 0 Å². The van der Waals surface area contributed by atoms with Gasteiger partial charge in [0.05, 0.1) is 0 Å². The summed E-state index contributed by atoms with van der Waals surface area (Å²) in [6.07, 6.45) is 0. The van der Waals surface area contributed by atoms with Crippen LogP contribution in [0.2, 0.25) is 0 Å². The maximum atomic E-state index is 7.60. The molecule has 0 saturated heterocycles. The van der Waals surface area contributed by atoms with Crippen molar-refractivity contribution in [2.24, 2.45) is 0 Å². The minimum Gasteiger partial charge on any atom is -0.377 e. The molecule has 0 aliphatic rings. The summed E-state index contributed by atoms with van der Waals surface area (Å²) >= 11 is 0. The van der Waals surface area contributed by atoms with E-state index in [1.807, 2.05) is 0 Å². The van der Waals surface area contributed by atoms with Crippen LogP contribution in [0.15, 0.2) is 0 Å². The maximum Gasteiger partial charge on any atom is 0.00749 e. The molecule has 0 amide bonds. The first-order valence-electron chi connectivity index (χ1n) is 1.72. The van der Waals surface area contributed by atoms with Crippen LogP contribution in [0.25, 0.3) is 0 Å². The second kappa shape index (κ2) is 42.7. The molecule has 0 aromatic rings. The third-order valence-electron chi connectivity index (χ3n) is 0. The van der Waals surface area contributed by atoms with Gasteiger partial charge in [-0.15, -0.1) is 8.58 Å². The van der Waals surface area contributed by atoms with Crippen LogP contribution in [0.3, 0.4) is 0 Å². The molecule has 6 heteroatoms. The molecule has 1 nitrogen and oxygen atoms in total. The molecule has 0 rings (SSSR count). The van der Waals surface area contributed by atoms with Crippen LogP contribution >= 0.6 is 17.4 Å². The van der Waals surface area contributed by atoms with E-state index in [0.29, 0.717) is 0 Å². The van der Waals surface area contributed by atoms with Gasteiger partial charge in [-0.2, -0.15) is 0 Å². The number of hydrogen-bond acceptors (Lipinski definition) is 1. The smallest absolute Gasteiger partial charge is 0.00749 e. The molecule has 55 valence electrons. The van der Waals surface area contributed by atoms with Crippen molar-refractivity contribution in [3.8, 4) is 0 Å². The van der Waals surface area contributed by atoms with Gasteiger partial charge in [-0.25, -0.2) is 0 Å². The van der Waals surface area contributed by atoms with Crippen LogP contribution in [0.5, 0.6) is 0 Å². The van der Waals surface area contributed by atoms with E-state index in [2.05, 4.69) is 13.3 Å². The third kappa shape index (κ3) is 89.7. The molecule has 1 atom stereocenters. The summed E-state index contributed by atoms with van der Waals surface area (Å²) < 4.78 is 0. The topological polar surface area (TPSA) is 20.2 Å². The SMILES string of the molecule is CPC.CPO.[W].[W].[Y]. The summed E-state index contributed by atoms with van der Waals surface area (Å²) in [6.45, 7) is 6.01. The van der Waals surface area contributed by atoms with Crippen LogP contribution in [0, 0.1) is 0 Å². The van der Waals surface area contributed by atoms with Gasteiger partial charge in [0.2, 0.25) is 0 Å². The van der Waals surface area contributed by atoms with Crippen molar-refractivity contribution >= 4 is 17.4 Å². The summed E-state index contributed by atoms with van der Waals surface area (Å²) in [4.78, 5) is 7.60. The van der Waals surface area contributed by atoms with Gasteiger partial charge >= 0.3 is 0 Å². The standard InChI is InChI=1S/C2H7P.CH5OP.2W.Y/c2*1-3-2;;;/h3H,1-2H3;2-3H,1H3;;;. The van der Waals surface area contributed by atoms with Crippen molar-refractivity contribution in [3.05, 3.63) is 0 Å². The van der Waals surface area contributed by atoms with Crippen molar-refractivity contribution in [1.29, 1.82) is 0 Å². The molecule has 0 fully saturated rings. The predicted molar refractivity (Wildman–Crippen MR) is 36.6 cm³/mol. The van der Waals surface area contributed by atoms with Crippen molar-refractivity contribution in [1.82, 2.24) is 0 Å². The first-order chi connectivity index (χ1) is 2.83. The van der Waals surface area contributed by atoms with E-state index in [9.17, 15) is 0 Å². The van der Waals surface area contributed by atoms with Crippen molar-refractivity contribution in [3.63, 3.8) is 0 Å². The Labute approximate surface area is 115 Å². The zero-order chi connectivity index (χ0) is 5.41. The average molecular weight is 583 g/mol. The van der Waals surface area contributed by atoms with Gasteiger partial charge in [-0.1, -0.05) is 0 Å². The van der Waals surface area contributed by atoms with Crippen molar-refractivity contribution < 1.29 is 79.7 Å². The molecular formula is C3H12OP2W2Y. The Hall–Kier alpha value is 3.30. The summed E-state index contributed by atoms with van der Waals surface area (Å²) in [5, 5.41) is 0. The average Bonchev–Trinajstić information content (AvgIpc) is 1.39. The first kappa shape index (κ1) is 29.5. The Kier molecular flexibility index (Phi) is 140. The molecular weight excluding hydrogens is 571 g/mol. The summed E-state index contributed by atoms with van der Waals surface area (Å²) in [5.74, 6) is 0. The van der Waals surface area contributed by atoms with E-state index < -0.39 is 0 Å². The monoisotopic (exact) mass is 583 g/mol. The second-order valence-electron chi connectivity index (χ2n) is 0.724. The normalized spacial score (nSPS) is 5.33. The van der Waals surface area contributed by atoms with Gasteiger partial charge in [-0.05, 0) is 20.0 Å². The minimum atomic E-state index is 0. The van der Waals surface area contributed by atoms with E-state index in [4.69, 9.17) is 4.89 Å². The Balaban J connectivity index is -0.00000000889. The van der Waals surface area contributed by atoms with Crippen LogP contribution in [-0.2, 0) is 74.8 Å². The maximum absolute atomic E-state index is 7.60. The van der Waals surface area contributed by atoms with Crippen LogP contribution in [0.4, 0.5) is 0 Å². The number of rotatable bonds is 0. The summed E-state index contributed by atoms with van der Waals surface area (Å²) in [5.41, 5.74) is 0. The molecule has 0 saturated carbocycles. The zero-order valence-electron chi connectivity index (χ0n) is 5.84. The second-order valence-corrected chi connectivity index (χ2v) is 2.17. The minimum absolute atomic E-state index is 0. The Morgan fingerprint density at radius 3 is 1.00 bits per heavy atom. The Morgan fingerprint density at radius 1 is 1.00 bits per heavy atom. The fraction of sp³-hybridized carbons (Fsp3) is 1.00. The van der Waals surface area contributed by atoms with Gasteiger partial charge in [0.15, 0.2) is 0 Å². The molecule has 0 aromatic carbocycles. The molecule has 0 heterocycles. The largest absolute Gasteiger partial charge is 0.377 e. The molecule has 0 bridgehead atoms. The van der Waals surface area contributed by atoms with Gasteiger partial charge in [0.25, 0.3) is 0 Å². The molecule has 1 radical (unpaired) electrons. The summed E-state index contributed by atoms with van der Waals surface area (Å²) in [6, 6.07) is 0. The van der Waals surface area contributed by atoms with Crippen molar-refractivity contribution in [2.75, 3.05) is 20.0 Å². The molecule has 0 aliphatic carbocycles. The molecule has 0 aromatic heterocycles. The quantitative estimate of drug-likeness (QED) is 0.425. The van der Waals surface area contributed by atoms with Crippen LogP contribution in [0.1, 0.15) is 0 Å². The third-order valence-corrected chi connectivity index (χ3v) is 0. The van der Waals surface area contributed by atoms with Gasteiger partial charge in [0.1, 0.15) is 0 Å². The van der Waals surface area contributed by atoms with Crippen molar-refractivity contribution in [2.45, 2.75) is 0 Å². The molecule has 0 aliphatic heterocycles. The van der Waals surface area contributed by atoms with E-state index in [0.717, 1.165) is 8.58 Å². The molecule has 1 unspecified atom stereocenters. The Morgan fingerprint density at radius 2 is 1.00 bits per heavy atom. The van der Waals surface area contributed by atoms with E-state index in [-0.39, 0.29) is 83.6 Å². The summed E-state index contributed by atoms with van der Waals surface area (Å²) in [7, 11) is 1.17.